The van der Waals surface area contributed by atoms with Gasteiger partial charge in [-0.15, -0.1) is 0 Å². The summed E-state index contributed by atoms with van der Waals surface area (Å²) in [4.78, 5) is 7.89. The van der Waals surface area contributed by atoms with Gasteiger partial charge in [-0.05, 0) is 31.6 Å². The van der Waals surface area contributed by atoms with E-state index >= 15 is 0 Å². The van der Waals surface area contributed by atoms with E-state index in [1.807, 2.05) is 6.92 Å². The average molecular weight is 278 g/mol. The van der Waals surface area contributed by atoms with E-state index in [-0.39, 0.29) is 5.88 Å². The number of aliphatic imine (C=N–C) groups is 1. The van der Waals surface area contributed by atoms with Gasteiger partial charge < -0.3 is 10.1 Å². The monoisotopic (exact) mass is 278 g/mol. The molecule has 1 aromatic carbocycles. The molecule has 0 amide bonds. The number of nitrogens with zero attached hydrogens (tertiary/aromatic N) is 1. The van der Waals surface area contributed by atoms with Crippen LogP contribution in [0.25, 0.3) is 0 Å². The maximum atomic E-state index is 9.64. The zero-order chi connectivity index (χ0) is 13.1. The third-order valence-corrected chi connectivity index (χ3v) is 3.91. The molecule has 0 aliphatic heterocycles. The number of aryl methyl sites for hydroxylation is 1. The van der Waals surface area contributed by atoms with E-state index in [1.54, 1.807) is 0 Å². The number of hydrogen-bond acceptors (Lipinski definition) is 4. The van der Waals surface area contributed by atoms with Gasteiger partial charge in [0, 0.05) is 0 Å². The Hall–Kier alpha value is -1.46. The van der Waals surface area contributed by atoms with Gasteiger partial charge in [-0.3, -0.25) is 4.99 Å². The van der Waals surface area contributed by atoms with Crippen LogP contribution in [0.15, 0.2) is 29.3 Å². The van der Waals surface area contributed by atoms with Gasteiger partial charge in [-0.25, -0.2) is 0 Å². The van der Waals surface area contributed by atoms with Gasteiger partial charge in [0.2, 0.25) is 5.88 Å². The third-order valence-electron chi connectivity index (χ3n) is 2.58. The molecule has 0 aliphatic carbocycles. The number of rotatable bonds is 3. The number of thiazole rings is 1. The Bertz CT molecular complexity index is 623. The molecule has 0 unspecified atom stereocenters. The van der Waals surface area contributed by atoms with E-state index in [0.29, 0.717) is 15.4 Å². The van der Waals surface area contributed by atoms with Crippen molar-refractivity contribution in [2.24, 2.45) is 4.99 Å². The van der Waals surface area contributed by atoms with Crippen LogP contribution in [0.5, 0.6) is 5.88 Å². The van der Waals surface area contributed by atoms with E-state index in [0.717, 1.165) is 11.3 Å². The van der Waals surface area contributed by atoms with Gasteiger partial charge in [0.15, 0.2) is 3.95 Å². The summed E-state index contributed by atoms with van der Waals surface area (Å²) in [6.45, 7) is 4.54. The van der Waals surface area contributed by atoms with Crippen LogP contribution in [0, 0.1) is 10.9 Å². The normalized spacial score (nSPS) is 11.8. The molecule has 0 saturated carbocycles. The van der Waals surface area contributed by atoms with Crippen LogP contribution in [0.3, 0.4) is 0 Å². The van der Waals surface area contributed by atoms with Crippen LogP contribution in [0.2, 0.25) is 0 Å². The second kappa shape index (κ2) is 5.46. The standard InChI is InChI=1S/C13H14N2OS2/c1-8-3-5-10(6-4-8)7-14-9(2)11-12(16)15-13(17)18-11/h3-6,16H,7H2,1-2H3,(H,15,17). The minimum atomic E-state index is 0.107. The number of aromatic nitrogens is 1. The van der Waals surface area contributed by atoms with Gasteiger partial charge >= 0.3 is 0 Å². The first-order chi connectivity index (χ1) is 8.56. The van der Waals surface area contributed by atoms with Crippen molar-refractivity contribution in [2.45, 2.75) is 20.4 Å². The molecular weight excluding hydrogens is 264 g/mol. The second-order valence-electron chi connectivity index (χ2n) is 4.08. The maximum Gasteiger partial charge on any atom is 0.209 e. The Balaban J connectivity index is 2.16. The lowest BCUT2D eigenvalue weighted by molar-refractivity contribution is 0.456. The molecule has 2 N–H and O–H groups in total. The number of H-pyrrole nitrogens is 1. The molecule has 1 aromatic heterocycles. The zero-order valence-electron chi connectivity index (χ0n) is 10.2. The first kappa shape index (κ1) is 13.0. The van der Waals surface area contributed by atoms with E-state index in [2.05, 4.69) is 41.2 Å². The van der Waals surface area contributed by atoms with Crippen LogP contribution in [0.1, 0.15) is 22.9 Å². The molecule has 3 nitrogen and oxygen atoms in total. The van der Waals surface area contributed by atoms with Gasteiger partial charge in [-0.2, -0.15) is 0 Å². The van der Waals surface area contributed by atoms with Crippen LogP contribution in [0.4, 0.5) is 0 Å². The van der Waals surface area contributed by atoms with Crippen molar-refractivity contribution in [1.82, 2.24) is 4.98 Å². The Morgan fingerprint density at radius 2 is 2.06 bits per heavy atom. The zero-order valence-corrected chi connectivity index (χ0v) is 11.9. The van der Waals surface area contributed by atoms with E-state index < -0.39 is 0 Å². The van der Waals surface area contributed by atoms with Crippen LogP contribution >= 0.6 is 23.6 Å². The fraction of sp³-hybridized carbons (Fsp3) is 0.231. The van der Waals surface area contributed by atoms with Gasteiger partial charge in [0.25, 0.3) is 0 Å². The van der Waals surface area contributed by atoms with Crippen LogP contribution in [-0.2, 0) is 6.54 Å². The van der Waals surface area contributed by atoms with Gasteiger partial charge in [-0.1, -0.05) is 41.2 Å². The molecule has 0 atom stereocenters. The molecule has 2 aromatic rings. The average Bonchev–Trinajstić information content (AvgIpc) is 2.67. The Morgan fingerprint density at radius 3 is 2.61 bits per heavy atom. The maximum absolute atomic E-state index is 9.64. The first-order valence-corrected chi connectivity index (χ1v) is 6.78. The van der Waals surface area contributed by atoms with E-state index in [1.165, 1.54) is 16.9 Å². The van der Waals surface area contributed by atoms with Crippen LogP contribution in [-0.4, -0.2) is 15.8 Å². The van der Waals surface area contributed by atoms with Crippen LogP contribution < -0.4 is 0 Å². The highest BCUT2D eigenvalue weighted by Crippen LogP contribution is 2.22. The number of aromatic amines is 1. The lowest BCUT2D eigenvalue weighted by Gasteiger charge is -2.00. The number of nitrogens with one attached hydrogen (secondary N) is 1. The Kier molecular flexibility index (Phi) is 3.93. The highest BCUT2D eigenvalue weighted by molar-refractivity contribution is 7.73. The smallest absolute Gasteiger partial charge is 0.209 e. The minimum Gasteiger partial charge on any atom is -0.493 e. The quantitative estimate of drug-likeness (QED) is 0.662. The lowest BCUT2D eigenvalue weighted by atomic mass is 10.1. The molecule has 5 heteroatoms. The number of aromatic hydroxyl groups is 1. The third kappa shape index (κ3) is 3.05. The predicted octanol–water partition coefficient (Wildman–Crippen LogP) is 3.83. The fourth-order valence-electron chi connectivity index (χ4n) is 1.54. The van der Waals surface area contributed by atoms with Crippen molar-refractivity contribution in [3.05, 3.63) is 44.2 Å². The van der Waals surface area contributed by atoms with Crippen molar-refractivity contribution in [1.29, 1.82) is 0 Å². The largest absolute Gasteiger partial charge is 0.493 e. The molecule has 0 spiro atoms. The molecule has 0 fully saturated rings. The fourth-order valence-corrected chi connectivity index (χ4v) is 2.58. The molecule has 18 heavy (non-hydrogen) atoms. The number of hydrogen-bond donors (Lipinski definition) is 2. The molecule has 0 saturated heterocycles. The highest BCUT2D eigenvalue weighted by atomic mass is 32.1. The SMILES string of the molecule is CC(=NCc1ccc(C)cc1)c1sc(=S)[nH]c1O. The molecule has 1 heterocycles. The van der Waals surface area contributed by atoms with Crippen molar-refractivity contribution in [2.75, 3.05) is 0 Å². The summed E-state index contributed by atoms with van der Waals surface area (Å²) >= 11 is 6.32. The summed E-state index contributed by atoms with van der Waals surface area (Å²) in [6, 6.07) is 8.26. The molecule has 94 valence electrons. The summed E-state index contributed by atoms with van der Waals surface area (Å²) in [5.41, 5.74) is 3.18. The molecule has 0 bridgehead atoms. The van der Waals surface area contributed by atoms with E-state index in [4.69, 9.17) is 12.2 Å². The topological polar surface area (TPSA) is 48.4 Å². The number of benzene rings is 1. The second-order valence-corrected chi connectivity index (χ2v) is 5.77. The highest BCUT2D eigenvalue weighted by Gasteiger charge is 2.07. The summed E-state index contributed by atoms with van der Waals surface area (Å²) in [5, 5.41) is 9.64. The Labute approximate surface area is 115 Å². The van der Waals surface area contributed by atoms with Crippen molar-refractivity contribution in [3.8, 4) is 5.88 Å². The van der Waals surface area contributed by atoms with E-state index in [9.17, 15) is 5.11 Å². The van der Waals surface area contributed by atoms with Crippen molar-refractivity contribution < 1.29 is 5.11 Å². The van der Waals surface area contributed by atoms with Crippen molar-refractivity contribution in [3.63, 3.8) is 0 Å². The molecular formula is C13H14N2OS2. The molecule has 0 radical (unpaired) electrons. The molecule has 2 rings (SSSR count). The summed E-state index contributed by atoms with van der Waals surface area (Å²) in [7, 11) is 0. The van der Waals surface area contributed by atoms with Gasteiger partial charge in [0.05, 0.1) is 12.3 Å². The minimum absolute atomic E-state index is 0.107. The van der Waals surface area contributed by atoms with Gasteiger partial charge in [0.1, 0.15) is 4.88 Å². The predicted molar refractivity (Wildman–Crippen MR) is 78.3 cm³/mol. The lowest BCUT2D eigenvalue weighted by Crippen LogP contribution is -1.93. The summed E-state index contributed by atoms with van der Waals surface area (Å²) < 4.78 is 0.562. The summed E-state index contributed by atoms with van der Waals surface area (Å²) in [6.07, 6.45) is 0. The van der Waals surface area contributed by atoms with Crippen molar-refractivity contribution >= 4 is 29.3 Å². The summed E-state index contributed by atoms with van der Waals surface area (Å²) in [5.74, 6) is 0.107. The first-order valence-electron chi connectivity index (χ1n) is 5.55. The molecule has 0 aliphatic rings. The Morgan fingerprint density at radius 1 is 1.39 bits per heavy atom.